The van der Waals surface area contributed by atoms with E-state index in [2.05, 4.69) is 20.3 Å². The molecule has 0 atom stereocenters. The zero-order valence-corrected chi connectivity index (χ0v) is 9.13. The second kappa shape index (κ2) is 3.28. The minimum absolute atomic E-state index is 0.388. The molecule has 0 bridgehead atoms. The van der Waals surface area contributed by atoms with Crippen molar-refractivity contribution in [3.05, 3.63) is 29.8 Å². The fourth-order valence-corrected chi connectivity index (χ4v) is 1.79. The second-order valence-corrected chi connectivity index (χ2v) is 3.65. The van der Waals surface area contributed by atoms with Crippen LogP contribution in [0.5, 0.6) is 0 Å². The molecule has 0 unspecified atom stereocenters. The van der Waals surface area contributed by atoms with E-state index in [1.54, 1.807) is 23.3 Å². The summed E-state index contributed by atoms with van der Waals surface area (Å²) >= 11 is 5.97. The van der Waals surface area contributed by atoms with Gasteiger partial charge in [0.05, 0.1) is 17.9 Å². The Morgan fingerprint density at radius 1 is 1.31 bits per heavy atom. The van der Waals surface area contributed by atoms with E-state index in [9.17, 15) is 0 Å². The third-order valence-electron chi connectivity index (χ3n) is 2.36. The summed E-state index contributed by atoms with van der Waals surface area (Å²) in [6, 6.07) is 1.86. The minimum Gasteiger partial charge on any atom is -0.311 e. The first-order valence-corrected chi connectivity index (χ1v) is 4.99. The highest BCUT2D eigenvalue weighted by Gasteiger charge is 2.12. The maximum Gasteiger partial charge on any atom is 0.233 e. The molecule has 0 aliphatic carbocycles. The van der Waals surface area contributed by atoms with Crippen molar-refractivity contribution in [1.82, 2.24) is 29.5 Å². The Hall–Kier alpha value is -1.95. The lowest BCUT2D eigenvalue weighted by Gasteiger charge is -1.99. The van der Waals surface area contributed by atoms with Crippen molar-refractivity contribution in [3.63, 3.8) is 0 Å². The summed E-state index contributed by atoms with van der Waals surface area (Å²) in [7, 11) is 1.89. The lowest BCUT2D eigenvalue weighted by atomic mass is 10.4. The molecule has 80 valence electrons. The summed E-state index contributed by atoms with van der Waals surface area (Å²) in [6.07, 6.45) is 4.97. The Bertz CT molecular complexity index is 641. The molecule has 0 aromatic carbocycles. The van der Waals surface area contributed by atoms with Gasteiger partial charge in [0.2, 0.25) is 5.95 Å². The van der Waals surface area contributed by atoms with Gasteiger partial charge in [-0.3, -0.25) is 0 Å². The molecule has 0 fully saturated rings. The minimum atomic E-state index is 0.388. The molecule has 0 saturated carbocycles. The summed E-state index contributed by atoms with van der Waals surface area (Å²) < 4.78 is 3.47. The molecule has 6 nitrogen and oxygen atoms in total. The summed E-state index contributed by atoms with van der Waals surface area (Å²) in [5, 5.41) is 8.02. The average Bonchev–Trinajstić information content (AvgIpc) is 2.88. The smallest absolute Gasteiger partial charge is 0.233 e. The van der Waals surface area contributed by atoms with Crippen LogP contribution in [0.3, 0.4) is 0 Å². The van der Waals surface area contributed by atoms with Gasteiger partial charge in [-0.2, -0.15) is 4.68 Å². The molecule has 3 heterocycles. The molecule has 16 heavy (non-hydrogen) atoms. The van der Waals surface area contributed by atoms with E-state index in [-0.39, 0.29) is 0 Å². The molecule has 0 aliphatic rings. The molecule has 3 rings (SSSR count). The number of hydrogen-bond donors (Lipinski definition) is 0. The van der Waals surface area contributed by atoms with E-state index in [0.29, 0.717) is 16.6 Å². The van der Waals surface area contributed by atoms with Crippen molar-refractivity contribution in [2.45, 2.75) is 0 Å². The molecular formula is C9H7ClN6. The summed E-state index contributed by atoms with van der Waals surface area (Å²) in [4.78, 5) is 8.37. The Morgan fingerprint density at radius 3 is 2.88 bits per heavy atom. The Morgan fingerprint density at radius 2 is 2.19 bits per heavy atom. The first kappa shape index (κ1) is 9.29. The van der Waals surface area contributed by atoms with Crippen LogP contribution in [-0.2, 0) is 7.05 Å². The summed E-state index contributed by atoms with van der Waals surface area (Å²) in [6.45, 7) is 0. The number of rotatable bonds is 1. The van der Waals surface area contributed by atoms with Gasteiger partial charge in [-0.1, -0.05) is 16.8 Å². The van der Waals surface area contributed by atoms with Crippen molar-refractivity contribution in [1.29, 1.82) is 0 Å². The SMILES string of the molecule is Cn1c(-n2ccnn2)nc2c(Cl)nccc21. The number of fused-ring (bicyclic) bond motifs is 1. The van der Waals surface area contributed by atoms with Crippen molar-refractivity contribution >= 4 is 22.6 Å². The van der Waals surface area contributed by atoms with E-state index in [0.717, 1.165) is 5.52 Å². The topological polar surface area (TPSA) is 61.4 Å². The van der Waals surface area contributed by atoms with E-state index < -0.39 is 0 Å². The summed E-state index contributed by atoms with van der Waals surface area (Å²) in [5.41, 5.74) is 1.57. The lowest BCUT2D eigenvalue weighted by Crippen LogP contribution is -2.03. The molecule has 0 N–H and O–H groups in total. The predicted octanol–water partition coefficient (Wildman–Crippen LogP) is 1.20. The van der Waals surface area contributed by atoms with Gasteiger partial charge in [0, 0.05) is 13.2 Å². The standard InChI is InChI=1S/C9H7ClN6/c1-15-6-2-3-11-8(10)7(6)13-9(15)16-5-4-12-14-16/h2-5H,1H3. The molecule has 0 amide bonds. The number of pyridine rings is 1. The van der Waals surface area contributed by atoms with E-state index in [1.807, 2.05) is 17.7 Å². The fraction of sp³-hybridized carbons (Fsp3) is 0.111. The lowest BCUT2D eigenvalue weighted by molar-refractivity contribution is 0.723. The van der Waals surface area contributed by atoms with Crippen LogP contribution in [0.2, 0.25) is 5.15 Å². The zero-order chi connectivity index (χ0) is 11.1. The average molecular weight is 235 g/mol. The van der Waals surface area contributed by atoms with Crippen molar-refractivity contribution < 1.29 is 0 Å². The van der Waals surface area contributed by atoms with Gasteiger partial charge in [0.25, 0.3) is 0 Å². The Kier molecular flexibility index (Phi) is 1.90. The van der Waals surface area contributed by atoms with Crippen LogP contribution >= 0.6 is 11.6 Å². The molecule has 3 aromatic heterocycles. The normalized spacial score (nSPS) is 11.1. The first-order chi connectivity index (χ1) is 7.77. The van der Waals surface area contributed by atoms with Crippen molar-refractivity contribution in [2.24, 2.45) is 7.05 Å². The number of hydrogen-bond acceptors (Lipinski definition) is 4. The molecule has 0 radical (unpaired) electrons. The van der Waals surface area contributed by atoms with Crippen LogP contribution in [0.1, 0.15) is 0 Å². The highest BCUT2D eigenvalue weighted by atomic mass is 35.5. The number of aromatic nitrogens is 6. The molecule has 0 aliphatic heterocycles. The van der Waals surface area contributed by atoms with Gasteiger partial charge in [-0.05, 0) is 6.07 Å². The first-order valence-electron chi connectivity index (χ1n) is 4.61. The van der Waals surface area contributed by atoms with Gasteiger partial charge < -0.3 is 4.57 Å². The van der Waals surface area contributed by atoms with Crippen LogP contribution < -0.4 is 0 Å². The summed E-state index contributed by atoms with van der Waals surface area (Å²) in [5.74, 6) is 0.655. The van der Waals surface area contributed by atoms with E-state index in [4.69, 9.17) is 11.6 Å². The van der Waals surface area contributed by atoms with Crippen molar-refractivity contribution in [3.8, 4) is 5.95 Å². The molecule has 3 aromatic rings. The third-order valence-corrected chi connectivity index (χ3v) is 2.64. The van der Waals surface area contributed by atoms with Crippen LogP contribution in [0.4, 0.5) is 0 Å². The van der Waals surface area contributed by atoms with Gasteiger partial charge >= 0.3 is 0 Å². The number of aryl methyl sites for hydroxylation is 1. The van der Waals surface area contributed by atoms with Crippen LogP contribution in [0, 0.1) is 0 Å². The highest BCUT2D eigenvalue weighted by Crippen LogP contribution is 2.21. The maximum absolute atomic E-state index is 5.97. The third kappa shape index (κ3) is 1.20. The van der Waals surface area contributed by atoms with Crippen LogP contribution in [0.25, 0.3) is 17.0 Å². The number of imidazole rings is 1. The largest absolute Gasteiger partial charge is 0.311 e. The van der Waals surface area contributed by atoms with E-state index in [1.165, 1.54) is 0 Å². The fourth-order valence-electron chi connectivity index (χ4n) is 1.60. The maximum atomic E-state index is 5.97. The quantitative estimate of drug-likeness (QED) is 0.594. The molecular weight excluding hydrogens is 228 g/mol. The number of halogens is 1. The van der Waals surface area contributed by atoms with Gasteiger partial charge in [0.1, 0.15) is 5.52 Å². The van der Waals surface area contributed by atoms with Crippen molar-refractivity contribution in [2.75, 3.05) is 0 Å². The molecule has 0 saturated heterocycles. The van der Waals surface area contributed by atoms with Gasteiger partial charge in [-0.25, -0.2) is 9.97 Å². The zero-order valence-electron chi connectivity index (χ0n) is 8.37. The monoisotopic (exact) mass is 234 g/mol. The Labute approximate surface area is 95.5 Å². The molecule has 0 spiro atoms. The Balaban J connectivity index is 2.36. The van der Waals surface area contributed by atoms with Gasteiger partial charge in [-0.15, -0.1) is 5.10 Å². The van der Waals surface area contributed by atoms with Gasteiger partial charge in [0.15, 0.2) is 5.15 Å². The van der Waals surface area contributed by atoms with Crippen LogP contribution in [-0.4, -0.2) is 29.5 Å². The molecule has 7 heteroatoms. The van der Waals surface area contributed by atoms with E-state index >= 15 is 0 Å². The number of nitrogens with zero attached hydrogens (tertiary/aromatic N) is 6. The highest BCUT2D eigenvalue weighted by molar-refractivity contribution is 6.33. The second-order valence-electron chi connectivity index (χ2n) is 3.29. The predicted molar refractivity (Wildman–Crippen MR) is 58.4 cm³/mol. The van der Waals surface area contributed by atoms with Crippen LogP contribution in [0.15, 0.2) is 24.7 Å².